The van der Waals surface area contributed by atoms with E-state index >= 15 is 0 Å². The van der Waals surface area contributed by atoms with Crippen molar-refractivity contribution < 1.29 is 0 Å². The number of aromatic amines is 2. The quantitative estimate of drug-likeness (QED) is 0.521. The summed E-state index contributed by atoms with van der Waals surface area (Å²) < 4.78 is 1.96. The molecule has 5 rings (SSSR count). The van der Waals surface area contributed by atoms with Crippen LogP contribution >= 0.6 is 0 Å². The maximum Gasteiger partial charge on any atom is 0.137 e. The first-order valence-corrected chi connectivity index (χ1v) is 8.40. The number of nitrogens with one attached hydrogen (secondary N) is 2. The minimum Gasteiger partial charge on any atom is -0.346 e. The minimum absolute atomic E-state index is 0.752. The van der Waals surface area contributed by atoms with Gasteiger partial charge in [-0.1, -0.05) is 30.3 Å². The van der Waals surface area contributed by atoms with Gasteiger partial charge >= 0.3 is 0 Å². The molecule has 0 aliphatic heterocycles. The average molecular weight is 340 g/mol. The summed E-state index contributed by atoms with van der Waals surface area (Å²) in [5.74, 6) is 0. The first kappa shape index (κ1) is 14.7. The second kappa shape index (κ2) is 6.00. The van der Waals surface area contributed by atoms with Gasteiger partial charge in [0.05, 0.1) is 18.9 Å². The normalized spacial score (nSPS) is 11.2. The van der Waals surface area contributed by atoms with E-state index in [4.69, 9.17) is 0 Å². The molecule has 0 amide bonds. The van der Waals surface area contributed by atoms with Crippen LogP contribution in [0.3, 0.4) is 0 Å². The highest BCUT2D eigenvalue weighted by molar-refractivity contribution is 5.95. The van der Waals surface area contributed by atoms with Crippen molar-refractivity contribution >= 4 is 11.0 Å². The molecule has 126 valence electrons. The van der Waals surface area contributed by atoms with Crippen LogP contribution in [0.25, 0.3) is 33.3 Å². The molecule has 2 N–H and O–H groups in total. The first-order chi connectivity index (χ1) is 12.9. The van der Waals surface area contributed by atoms with Gasteiger partial charge in [0.15, 0.2) is 0 Å². The monoisotopic (exact) mass is 340 g/mol. The van der Waals surface area contributed by atoms with E-state index < -0.39 is 0 Å². The van der Waals surface area contributed by atoms with Crippen molar-refractivity contribution in [2.24, 2.45) is 0 Å². The Labute approximate surface area is 149 Å². The Morgan fingerprint density at radius 1 is 0.923 bits per heavy atom. The van der Waals surface area contributed by atoms with Gasteiger partial charge in [-0.05, 0) is 11.6 Å². The van der Waals surface area contributed by atoms with Crippen molar-refractivity contribution in [2.45, 2.75) is 6.54 Å². The Bertz CT molecular complexity index is 1150. The zero-order valence-corrected chi connectivity index (χ0v) is 13.9. The van der Waals surface area contributed by atoms with Crippen molar-refractivity contribution in [3.63, 3.8) is 0 Å². The SMILES string of the molecule is c1ccc(Cn2cc(-c3c[nH]c4ncc(-c5cn[nH]c5)cc34)cn2)cc1. The summed E-state index contributed by atoms with van der Waals surface area (Å²) in [4.78, 5) is 7.78. The summed E-state index contributed by atoms with van der Waals surface area (Å²) in [6.45, 7) is 0.752. The topological polar surface area (TPSA) is 75.2 Å². The summed E-state index contributed by atoms with van der Waals surface area (Å²) in [5.41, 5.74) is 6.30. The molecule has 6 nitrogen and oxygen atoms in total. The molecule has 26 heavy (non-hydrogen) atoms. The van der Waals surface area contributed by atoms with E-state index in [0.29, 0.717) is 0 Å². The Hall–Kier alpha value is -3.67. The molecule has 4 aromatic heterocycles. The van der Waals surface area contributed by atoms with Gasteiger partial charge in [-0.25, -0.2) is 4.98 Å². The summed E-state index contributed by atoms with van der Waals surface area (Å²) in [6.07, 6.45) is 11.5. The molecule has 1 aromatic carbocycles. The van der Waals surface area contributed by atoms with Crippen molar-refractivity contribution in [3.8, 4) is 22.3 Å². The van der Waals surface area contributed by atoms with Crippen molar-refractivity contribution in [1.29, 1.82) is 0 Å². The number of aromatic nitrogens is 6. The number of fused-ring (bicyclic) bond motifs is 1. The highest BCUT2D eigenvalue weighted by Gasteiger charge is 2.11. The van der Waals surface area contributed by atoms with Gasteiger partial charge < -0.3 is 4.98 Å². The molecular formula is C20H16N6. The maximum atomic E-state index is 4.53. The molecule has 0 spiro atoms. The molecule has 6 heteroatoms. The molecule has 5 aromatic rings. The fraction of sp³-hybridized carbons (Fsp3) is 0.0500. The van der Waals surface area contributed by atoms with E-state index in [9.17, 15) is 0 Å². The molecule has 4 heterocycles. The highest BCUT2D eigenvalue weighted by atomic mass is 15.3. The Morgan fingerprint density at radius 3 is 2.69 bits per heavy atom. The molecule has 0 bridgehead atoms. The lowest BCUT2D eigenvalue weighted by Crippen LogP contribution is -1.99. The third-order valence-electron chi connectivity index (χ3n) is 4.49. The number of pyridine rings is 1. The lowest BCUT2D eigenvalue weighted by atomic mass is 10.1. The van der Waals surface area contributed by atoms with Gasteiger partial charge in [-0.15, -0.1) is 0 Å². The van der Waals surface area contributed by atoms with Crippen molar-refractivity contribution in [1.82, 2.24) is 29.9 Å². The van der Waals surface area contributed by atoms with E-state index in [-0.39, 0.29) is 0 Å². The van der Waals surface area contributed by atoms with Crippen LogP contribution in [-0.2, 0) is 6.54 Å². The number of H-pyrrole nitrogens is 2. The molecule has 0 saturated heterocycles. The van der Waals surface area contributed by atoms with Gasteiger partial charge in [0.1, 0.15) is 5.65 Å². The van der Waals surface area contributed by atoms with E-state index in [0.717, 1.165) is 39.8 Å². The number of nitrogens with zero attached hydrogens (tertiary/aromatic N) is 4. The van der Waals surface area contributed by atoms with Gasteiger partial charge in [-0.2, -0.15) is 10.2 Å². The van der Waals surface area contributed by atoms with Gasteiger partial charge in [0, 0.05) is 52.4 Å². The molecular weight excluding hydrogens is 324 g/mol. The zero-order valence-electron chi connectivity index (χ0n) is 13.9. The van der Waals surface area contributed by atoms with Gasteiger partial charge in [-0.3, -0.25) is 9.78 Å². The molecule has 0 aliphatic carbocycles. The smallest absolute Gasteiger partial charge is 0.137 e. The fourth-order valence-electron chi connectivity index (χ4n) is 3.17. The standard InChI is InChI=1S/C20H16N6/c1-2-4-14(5-3-1)12-26-13-17(10-25-26)19-11-22-20-18(19)6-15(7-21-20)16-8-23-24-9-16/h1-11,13H,12H2,(H,21,22)(H,23,24). The van der Waals surface area contributed by atoms with Crippen LogP contribution in [0.4, 0.5) is 0 Å². The number of hydrogen-bond acceptors (Lipinski definition) is 3. The predicted molar refractivity (Wildman–Crippen MR) is 100 cm³/mol. The van der Waals surface area contributed by atoms with Gasteiger partial charge in [0.25, 0.3) is 0 Å². The summed E-state index contributed by atoms with van der Waals surface area (Å²) >= 11 is 0. The number of hydrogen-bond donors (Lipinski definition) is 2. The minimum atomic E-state index is 0.752. The zero-order chi connectivity index (χ0) is 17.3. The summed E-state index contributed by atoms with van der Waals surface area (Å²) in [7, 11) is 0. The van der Waals surface area contributed by atoms with Crippen LogP contribution in [-0.4, -0.2) is 29.9 Å². The third-order valence-corrected chi connectivity index (χ3v) is 4.49. The van der Waals surface area contributed by atoms with Crippen molar-refractivity contribution in [2.75, 3.05) is 0 Å². The molecule has 0 radical (unpaired) electrons. The van der Waals surface area contributed by atoms with Crippen LogP contribution < -0.4 is 0 Å². The Kier molecular flexibility index (Phi) is 3.38. The Balaban J connectivity index is 1.52. The number of benzene rings is 1. The molecule has 0 unspecified atom stereocenters. The first-order valence-electron chi connectivity index (χ1n) is 8.40. The lowest BCUT2D eigenvalue weighted by Gasteiger charge is -2.01. The summed E-state index contributed by atoms with van der Waals surface area (Å²) in [6, 6.07) is 12.5. The fourth-order valence-corrected chi connectivity index (χ4v) is 3.17. The predicted octanol–water partition coefficient (Wildman–Crippen LogP) is 3.86. The van der Waals surface area contributed by atoms with E-state index in [2.05, 4.69) is 49.7 Å². The van der Waals surface area contributed by atoms with E-state index in [1.807, 2.05) is 47.7 Å². The average Bonchev–Trinajstić information content (AvgIpc) is 3.42. The van der Waals surface area contributed by atoms with Gasteiger partial charge in [0.2, 0.25) is 0 Å². The maximum absolute atomic E-state index is 4.53. The third kappa shape index (κ3) is 2.57. The van der Waals surface area contributed by atoms with Crippen LogP contribution in [0, 0.1) is 0 Å². The van der Waals surface area contributed by atoms with Crippen LogP contribution in [0.2, 0.25) is 0 Å². The van der Waals surface area contributed by atoms with E-state index in [1.54, 1.807) is 6.20 Å². The second-order valence-electron chi connectivity index (χ2n) is 6.22. The molecule has 0 fully saturated rings. The molecule has 0 saturated carbocycles. The highest BCUT2D eigenvalue weighted by Crippen LogP contribution is 2.30. The van der Waals surface area contributed by atoms with Crippen LogP contribution in [0.1, 0.15) is 5.56 Å². The molecule has 0 atom stereocenters. The van der Waals surface area contributed by atoms with Crippen LogP contribution in [0.15, 0.2) is 73.6 Å². The van der Waals surface area contributed by atoms with E-state index in [1.165, 1.54) is 5.56 Å². The Morgan fingerprint density at radius 2 is 1.85 bits per heavy atom. The largest absolute Gasteiger partial charge is 0.346 e. The molecule has 0 aliphatic rings. The van der Waals surface area contributed by atoms with Crippen molar-refractivity contribution in [3.05, 3.63) is 79.1 Å². The lowest BCUT2D eigenvalue weighted by molar-refractivity contribution is 0.687. The number of rotatable bonds is 4. The second-order valence-corrected chi connectivity index (χ2v) is 6.22. The van der Waals surface area contributed by atoms with Crippen LogP contribution in [0.5, 0.6) is 0 Å². The summed E-state index contributed by atoms with van der Waals surface area (Å²) in [5, 5.41) is 12.4.